The van der Waals surface area contributed by atoms with Crippen LogP contribution in [0.3, 0.4) is 0 Å². The molecule has 0 saturated carbocycles. The van der Waals surface area contributed by atoms with Crippen molar-refractivity contribution in [1.29, 1.82) is 0 Å². The van der Waals surface area contributed by atoms with Crippen LogP contribution in [0, 0.1) is 0 Å². The van der Waals surface area contributed by atoms with Gasteiger partial charge in [-0.15, -0.1) is 0 Å². The fourth-order valence-electron chi connectivity index (χ4n) is 1.85. The summed E-state index contributed by atoms with van der Waals surface area (Å²) in [7, 11) is 0. The Hall–Kier alpha value is -1.30. The monoisotopic (exact) mass is 231 g/mol. The molecule has 2 rings (SSSR count). The molecule has 2 atom stereocenters. The van der Waals surface area contributed by atoms with E-state index >= 15 is 0 Å². The van der Waals surface area contributed by atoms with Gasteiger partial charge in [-0.05, 0) is 25.5 Å². The molecule has 88 valence electrons. The number of anilines is 1. The number of nitrogens with zero attached hydrogens (tertiary/aromatic N) is 1. The van der Waals surface area contributed by atoms with Crippen molar-refractivity contribution >= 4 is 5.69 Å². The largest absolute Gasteiger partial charge is 0.433 e. The van der Waals surface area contributed by atoms with Crippen LogP contribution in [0.5, 0.6) is 0 Å². The van der Waals surface area contributed by atoms with Crippen molar-refractivity contribution in [2.24, 2.45) is 5.73 Å². The lowest BCUT2D eigenvalue weighted by Crippen LogP contribution is -2.31. The topological polar surface area (TPSA) is 50.9 Å². The maximum atomic E-state index is 12.4. The van der Waals surface area contributed by atoms with Gasteiger partial charge in [0.1, 0.15) is 5.69 Å². The number of hydrogen-bond acceptors (Lipinski definition) is 3. The predicted molar refractivity (Wildman–Crippen MR) is 53.9 cm³/mol. The van der Waals surface area contributed by atoms with Crippen LogP contribution in [0.25, 0.3) is 0 Å². The molecular formula is C10H12F3N3. The van der Waals surface area contributed by atoms with Gasteiger partial charge in [-0.25, -0.2) is 4.98 Å². The third-order valence-corrected chi connectivity index (χ3v) is 2.58. The Balaban J connectivity index is 2.42. The van der Waals surface area contributed by atoms with Gasteiger partial charge >= 0.3 is 6.18 Å². The molecule has 0 bridgehead atoms. The zero-order valence-corrected chi connectivity index (χ0v) is 8.67. The van der Waals surface area contributed by atoms with Gasteiger partial charge in [0, 0.05) is 6.04 Å². The normalized spacial score (nSPS) is 24.8. The highest BCUT2D eigenvalue weighted by Gasteiger charge is 2.34. The molecule has 1 aliphatic heterocycles. The number of fused-ring (bicyclic) bond motifs is 1. The summed E-state index contributed by atoms with van der Waals surface area (Å²) in [5, 5.41) is 3.06. The minimum absolute atomic E-state index is 0.154. The van der Waals surface area contributed by atoms with Crippen LogP contribution < -0.4 is 11.1 Å². The summed E-state index contributed by atoms with van der Waals surface area (Å²) in [5.74, 6) is 0. The minimum atomic E-state index is -4.42. The highest BCUT2D eigenvalue weighted by molar-refractivity contribution is 5.52. The van der Waals surface area contributed by atoms with E-state index in [0.29, 0.717) is 17.8 Å². The molecule has 0 fully saturated rings. The predicted octanol–water partition coefficient (Wildman–Crippen LogP) is 2.30. The molecule has 1 aromatic heterocycles. The highest BCUT2D eigenvalue weighted by Crippen LogP contribution is 2.34. The Morgan fingerprint density at radius 1 is 1.44 bits per heavy atom. The van der Waals surface area contributed by atoms with Gasteiger partial charge in [-0.2, -0.15) is 13.2 Å². The van der Waals surface area contributed by atoms with Crippen LogP contribution in [0.1, 0.15) is 30.8 Å². The number of pyridine rings is 1. The standard InChI is InChI=1S/C10H12F3N3/c1-5-4-6(14)9-7(15-5)2-3-8(16-9)10(11,12)13/h2-3,5-6,15H,4,14H2,1H3/t5-,6-/m1/s1. The third-order valence-electron chi connectivity index (χ3n) is 2.58. The van der Waals surface area contributed by atoms with Crippen LogP contribution in [0.2, 0.25) is 0 Å². The fourth-order valence-corrected chi connectivity index (χ4v) is 1.85. The Kier molecular flexibility index (Phi) is 2.53. The lowest BCUT2D eigenvalue weighted by Gasteiger charge is -2.28. The third kappa shape index (κ3) is 1.97. The number of aromatic nitrogens is 1. The number of nitrogens with two attached hydrogens (primary N) is 1. The smallest absolute Gasteiger partial charge is 0.381 e. The summed E-state index contributed by atoms with van der Waals surface area (Å²) in [5.41, 5.74) is 5.78. The van der Waals surface area contributed by atoms with E-state index in [-0.39, 0.29) is 6.04 Å². The Morgan fingerprint density at radius 2 is 2.12 bits per heavy atom. The molecule has 16 heavy (non-hydrogen) atoms. The van der Waals surface area contributed by atoms with Gasteiger partial charge in [0.15, 0.2) is 0 Å². The first-order valence-corrected chi connectivity index (χ1v) is 4.98. The second kappa shape index (κ2) is 3.62. The van der Waals surface area contributed by atoms with Crippen molar-refractivity contribution in [3.63, 3.8) is 0 Å². The number of alkyl halides is 3. The number of halogens is 3. The molecule has 0 aliphatic carbocycles. The SMILES string of the molecule is C[C@@H]1C[C@@H](N)c2nc(C(F)(F)F)ccc2N1. The lowest BCUT2D eigenvalue weighted by atomic mass is 9.99. The quantitative estimate of drug-likeness (QED) is 0.720. The van der Waals surface area contributed by atoms with Crippen molar-refractivity contribution in [2.75, 3.05) is 5.32 Å². The zero-order chi connectivity index (χ0) is 11.9. The summed E-state index contributed by atoms with van der Waals surface area (Å²) in [6.45, 7) is 1.93. The molecular weight excluding hydrogens is 219 g/mol. The number of rotatable bonds is 0. The van der Waals surface area contributed by atoms with Gasteiger partial charge in [0.25, 0.3) is 0 Å². The van der Waals surface area contributed by atoms with E-state index in [2.05, 4.69) is 10.3 Å². The maximum Gasteiger partial charge on any atom is 0.433 e. The summed E-state index contributed by atoms with van der Waals surface area (Å²) in [4.78, 5) is 3.59. The molecule has 0 amide bonds. The van der Waals surface area contributed by atoms with E-state index in [9.17, 15) is 13.2 Å². The number of nitrogens with one attached hydrogen (secondary N) is 1. The molecule has 0 spiro atoms. The van der Waals surface area contributed by atoms with Crippen LogP contribution in [-0.4, -0.2) is 11.0 Å². The van der Waals surface area contributed by atoms with Crippen molar-refractivity contribution in [3.8, 4) is 0 Å². The molecule has 3 N–H and O–H groups in total. The van der Waals surface area contributed by atoms with Gasteiger partial charge in [-0.3, -0.25) is 0 Å². The van der Waals surface area contributed by atoms with Gasteiger partial charge < -0.3 is 11.1 Å². The second-order valence-electron chi connectivity index (χ2n) is 4.01. The molecule has 2 heterocycles. The van der Waals surface area contributed by atoms with Crippen LogP contribution in [0.15, 0.2) is 12.1 Å². The number of hydrogen-bond donors (Lipinski definition) is 2. The summed E-state index contributed by atoms with van der Waals surface area (Å²) >= 11 is 0. The summed E-state index contributed by atoms with van der Waals surface area (Å²) in [6, 6.07) is 2.08. The molecule has 1 aromatic rings. The van der Waals surface area contributed by atoms with Gasteiger partial charge in [0.05, 0.1) is 17.4 Å². The lowest BCUT2D eigenvalue weighted by molar-refractivity contribution is -0.141. The summed E-state index contributed by atoms with van der Waals surface area (Å²) < 4.78 is 37.3. The molecule has 3 nitrogen and oxygen atoms in total. The first-order chi connectivity index (χ1) is 7.38. The fraction of sp³-hybridized carbons (Fsp3) is 0.500. The second-order valence-corrected chi connectivity index (χ2v) is 4.01. The van der Waals surface area contributed by atoms with Crippen LogP contribution >= 0.6 is 0 Å². The van der Waals surface area contributed by atoms with Crippen LogP contribution in [-0.2, 0) is 6.18 Å². The molecule has 0 unspecified atom stereocenters. The average molecular weight is 231 g/mol. The van der Waals surface area contributed by atoms with E-state index in [4.69, 9.17) is 5.73 Å². The van der Waals surface area contributed by atoms with Crippen molar-refractivity contribution in [2.45, 2.75) is 31.6 Å². The first kappa shape index (κ1) is 11.2. The van der Waals surface area contributed by atoms with E-state index in [1.54, 1.807) is 0 Å². The molecule has 1 aliphatic rings. The van der Waals surface area contributed by atoms with E-state index < -0.39 is 17.9 Å². The van der Waals surface area contributed by atoms with Crippen LogP contribution in [0.4, 0.5) is 18.9 Å². The molecule has 0 aromatic carbocycles. The molecule has 6 heteroatoms. The average Bonchev–Trinajstić information content (AvgIpc) is 2.15. The van der Waals surface area contributed by atoms with Crippen molar-refractivity contribution in [3.05, 3.63) is 23.5 Å². The van der Waals surface area contributed by atoms with Crippen molar-refractivity contribution < 1.29 is 13.2 Å². The van der Waals surface area contributed by atoms with Gasteiger partial charge in [0.2, 0.25) is 0 Å². The Bertz CT molecular complexity index is 403. The van der Waals surface area contributed by atoms with E-state index in [1.807, 2.05) is 6.92 Å². The Morgan fingerprint density at radius 3 is 2.75 bits per heavy atom. The molecule has 0 radical (unpaired) electrons. The highest BCUT2D eigenvalue weighted by atomic mass is 19.4. The first-order valence-electron chi connectivity index (χ1n) is 4.98. The molecule has 0 saturated heterocycles. The summed E-state index contributed by atoms with van der Waals surface area (Å²) in [6.07, 6.45) is -3.83. The van der Waals surface area contributed by atoms with E-state index in [0.717, 1.165) is 6.07 Å². The van der Waals surface area contributed by atoms with Crippen molar-refractivity contribution in [1.82, 2.24) is 4.98 Å². The maximum absolute atomic E-state index is 12.4. The van der Waals surface area contributed by atoms with Gasteiger partial charge in [-0.1, -0.05) is 0 Å². The Labute approximate surface area is 90.9 Å². The van der Waals surface area contributed by atoms with E-state index in [1.165, 1.54) is 6.07 Å². The zero-order valence-electron chi connectivity index (χ0n) is 8.67. The minimum Gasteiger partial charge on any atom is -0.381 e.